The van der Waals surface area contributed by atoms with Crippen LogP contribution in [-0.4, -0.2) is 70.6 Å². The van der Waals surface area contributed by atoms with Crippen molar-refractivity contribution >= 4 is 61.5 Å². The predicted molar refractivity (Wildman–Crippen MR) is 23.2 cm³/mol. The second-order valence-electron chi connectivity index (χ2n) is 0.733. The molecule has 6 heavy (non-hydrogen) atoms. The van der Waals surface area contributed by atoms with Gasteiger partial charge < -0.3 is 0 Å². The number of hydrogen-bond acceptors (Lipinski definition) is 2. The van der Waals surface area contributed by atoms with E-state index in [-0.39, 0.29) is 51.4 Å². The first-order valence-corrected chi connectivity index (χ1v) is 2.77. The zero-order chi connectivity index (χ0) is 4.50. The Balaban J connectivity index is 0. The van der Waals surface area contributed by atoms with Crippen LogP contribution in [0.15, 0.2) is 0 Å². The second-order valence-corrected chi connectivity index (χ2v) is 2.20. The standard InChI is InChI=1S/CH4O3S.K/c1-5(2,3)4;/h1H3,(H,2,3,4);. The second kappa shape index (κ2) is 3.54. The molecule has 0 unspecified atom stereocenters. The third-order valence-electron chi connectivity index (χ3n) is 0. The van der Waals surface area contributed by atoms with Gasteiger partial charge in [0.1, 0.15) is 0 Å². The maximum absolute atomic E-state index is 9.19. The van der Waals surface area contributed by atoms with Gasteiger partial charge in [-0.3, -0.25) is 4.55 Å². The Hall–Kier alpha value is 1.55. The van der Waals surface area contributed by atoms with E-state index in [2.05, 4.69) is 0 Å². The average Bonchev–Trinajstić information content (AvgIpc) is 0.722. The quantitative estimate of drug-likeness (QED) is 0.347. The maximum Gasteiger partial charge on any atom is 0.261 e. The summed E-state index contributed by atoms with van der Waals surface area (Å²) in [7, 11) is -3.67. The molecule has 0 rings (SSSR count). The predicted octanol–water partition coefficient (Wildman–Crippen LogP) is -0.877. The Bertz CT molecular complexity index is 94.0. The third kappa shape index (κ3) is 47.9. The fourth-order valence-corrected chi connectivity index (χ4v) is 0. The van der Waals surface area contributed by atoms with Gasteiger partial charge in [-0.1, -0.05) is 0 Å². The molecule has 0 aliphatic heterocycles. The van der Waals surface area contributed by atoms with Crippen molar-refractivity contribution in [2.45, 2.75) is 0 Å². The largest absolute Gasteiger partial charge is 0.286 e. The zero-order valence-electron chi connectivity index (χ0n) is 3.67. The Morgan fingerprint density at radius 1 is 1.50 bits per heavy atom. The Morgan fingerprint density at radius 2 is 1.50 bits per heavy atom. The van der Waals surface area contributed by atoms with E-state index < -0.39 is 10.1 Å². The SMILES string of the molecule is CS(=O)(=O)O.[K]. The minimum atomic E-state index is -3.67. The molecular weight excluding hydrogens is 131 g/mol. The Morgan fingerprint density at radius 3 is 1.50 bits per heavy atom. The van der Waals surface area contributed by atoms with Gasteiger partial charge in [0.25, 0.3) is 10.1 Å². The van der Waals surface area contributed by atoms with Crippen LogP contribution in [0.5, 0.6) is 0 Å². The molecule has 1 radical (unpaired) electrons. The van der Waals surface area contributed by atoms with Crippen molar-refractivity contribution in [3.8, 4) is 0 Å². The Labute approximate surface area is 79.3 Å². The van der Waals surface area contributed by atoms with Crippen molar-refractivity contribution in [2.24, 2.45) is 0 Å². The van der Waals surface area contributed by atoms with Crippen molar-refractivity contribution in [3.05, 3.63) is 0 Å². The molecule has 0 atom stereocenters. The third-order valence-corrected chi connectivity index (χ3v) is 0. The van der Waals surface area contributed by atoms with E-state index in [0.29, 0.717) is 6.26 Å². The molecule has 0 aliphatic rings. The zero-order valence-corrected chi connectivity index (χ0v) is 7.61. The minimum Gasteiger partial charge on any atom is -0.286 e. The molecule has 1 N–H and O–H groups in total. The van der Waals surface area contributed by atoms with Crippen LogP contribution in [0.3, 0.4) is 0 Å². The molecule has 0 fully saturated rings. The summed E-state index contributed by atoms with van der Waals surface area (Å²) in [5.41, 5.74) is 0. The molecule has 0 aromatic rings. The van der Waals surface area contributed by atoms with E-state index in [1.54, 1.807) is 0 Å². The van der Waals surface area contributed by atoms with Crippen LogP contribution < -0.4 is 0 Å². The summed E-state index contributed by atoms with van der Waals surface area (Å²) in [6, 6.07) is 0. The molecule has 0 aromatic carbocycles. The summed E-state index contributed by atoms with van der Waals surface area (Å²) in [6.45, 7) is 0. The fourth-order valence-electron chi connectivity index (χ4n) is 0. The van der Waals surface area contributed by atoms with Crippen molar-refractivity contribution < 1.29 is 13.0 Å². The first-order valence-electron chi connectivity index (χ1n) is 0.924. The van der Waals surface area contributed by atoms with Crippen LogP contribution in [0.4, 0.5) is 0 Å². The first kappa shape index (κ1) is 10.5. The van der Waals surface area contributed by atoms with Gasteiger partial charge >= 0.3 is 0 Å². The van der Waals surface area contributed by atoms with Crippen molar-refractivity contribution in [1.29, 1.82) is 0 Å². The van der Waals surface area contributed by atoms with Crippen LogP contribution in [-0.2, 0) is 10.1 Å². The van der Waals surface area contributed by atoms with Gasteiger partial charge in [-0.05, 0) is 0 Å². The van der Waals surface area contributed by atoms with Crippen LogP contribution in [0.1, 0.15) is 0 Å². The fraction of sp³-hybridized carbons (Fsp3) is 1.00. The van der Waals surface area contributed by atoms with Crippen LogP contribution in [0, 0.1) is 0 Å². The van der Waals surface area contributed by atoms with E-state index in [1.165, 1.54) is 0 Å². The van der Waals surface area contributed by atoms with E-state index >= 15 is 0 Å². The normalized spacial score (nSPS) is 9.67. The summed E-state index contributed by atoms with van der Waals surface area (Å²) in [5.74, 6) is 0. The van der Waals surface area contributed by atoms with Crippen molar-refractivity contribution in [3.63, 3.8) is 0 Å². The smallest absolute Gasteiger partial charge is 0.261 e. The molecule has 0 spiro atoms. The van der Waals surface area contributed by atoms with E-state index in [4.69, 9.17) is 4.55 Å². The first-order chi connectivity index (χ1) is 2.00. The van der Waals surface area contributed by atoms with Gasteiger partial charge in [0, 0.05) is 51.4 Å². The van der Waals surface area contributed by atoms with Crippen LogP contribution in [0.25, 0.3) is 0 Å². The molecule has 3 nitrogen and oxygen atoms in total. The van der Waals surface area contributed by atoms with Gasteiger partial charge in [0.15, 0.2) is 0 Å². The molecule has 5 heteroatoms. The molecular formula is CH4KO3S. The van der Waals surface area contributed by atoms with Gasteiger partial charge in [-0.15, -0.1) is 0 Å². The van der Waals surface area contributed by atoms with Crippen LogP contribution >= 0.6 is 0 Å². The van der Waals surface area contributed by atoms with Crippen LogP contribution in [0.2, 0.25) is 0 Å². The van der Waals surface area contributed by atoms with E-state index in [9.17, 15) is 8.42 Å². The van der Waals surface area contributed by atoms with E-state index in [1.807, 2.05) is 0 Å². The summed E-state index contributed by atoms with van der Waals surface area (Å²) < 4.78 is 25.9. The molecule has 0 bridgehead atoms. The monoisotopic (exact) mass is 135 g/mol. The molecule has 33 valence electrons. The molecule has 0 saturated carbocycles. The molecule has 0 heterocycles. The van der Waals surface area contributed by atoms with Gasteiger partial charge in [-0.2, -0.15) is 8.42 Å². The Kier molecular flexibility index (Phi) is 6.20. The van der Waals surface area contributed by atoms with Crippen molar-refractivity contribution in [2.75, 3.05) is 6.26 Å². The summed E-state index contributed by atoms with van der Waals surface area (Å²) in [5, 5.41) is 0. The molecule has 0 amide bonds. The van der Waals surface area contributed by atoms with Gasteiger partial charge in [-0.25, -0.2) is 0 Å². The maximum atomic E-state index is 9.19. The molecule has 0 saturated heterocycles. The molecule has 0 aromatic heterocycles. The topological polar surface area (TPSA) is 54.4 Å². The summed E-state index contributed by atoms with van der Waals surface area (Å²) >= 11 is 0. The summed E-state index contributed by atoms with van der Waals surface area (Å²) in [6.07, 6.45) is 0.715. The van der Waals surface area contributed by atoms with Crippen molar-refractivity contribution in [1.82, 2.24) is 0 Å². The van der Waals surface area contributed by atoms with E-state index in [0.717, 1.165) is 0 Å². The van der Waals surface area contributed by atoms with Gasteiger partial charge in [0.05, 0.1) is 6.26 Å². The molecule has 0 aliphatic carbocycles. The minimum absolute atomic E-state index is 0. The number of hydrogen-bond donors (Lipinski definition) is 1. The average molecular weight is 135 g/mol. The van der Waals surface area contributed by atoms with Gasteiger partial charge in [0.2, 0.25) is 0 Å². The number of rotatable bonds is 0. The summed E-state index contributed by atoms with van der Waals surface area (Å²) in [4.78, 5) is 0.